The Balaban J connectivity index is 1.89. The summed E-state index contributed by atoms with van der Waals surface area (Å²) in [5.74, 6) is 2.14. The molecule has 1 heterocycles. The Morgan fingerprint density at radius 2 is 1.83 bits per heavy atom. The van der Waals surface area contributed by atoms with Crippen LogP contribution in [-0.2, 0) is 13.0 Å². The van der Waals surface area contributed by atoms with E-state index < -0.39 is 6.10 Å². The van der Waals surface area contributed by atoms with Crippen molar-refractivity contribution in [3.63, 3.8) is 0 Å². The molecule has 1 N–H and O–H groups in total. The van der Waals surface area contributed by atoms with E-state index in [2.05, 4.69) is 9.55 Å². The maximum absolute atomic E-state index is 10.0. The molecular formula is C19H22N2O3. The molecule has 0 fully saturated rings. The van der Waals surface area contributed by atoms with Crippen LogP contribution in [0.2, 0.25) is 0 Å². The summed E-state index contributed by atoms with van der Waals surface area (Å²) in [5, 5.41) is 10.0. The van der Waals surface area contributed by atoms with Crippen molar-refractivity contribution in [2.45, 2.75) is 26.0 Å². The number of ether oxygens (including phenoxy) is 2. The second-order valence-electron chi connectivity index (χ2n) is 5.73. The minimum Gasteiger partial charge on any atom is -0.493 e. The third-order valence-corrected chi connectivity index (χ3v) is 4.13. The van der Waals surface area contributed by atoms with E-state index in [1.807, 2.05) is 42.5 Å². The van der Waals surface area contributed by atoms with Crippen LogP contribution in [0.4, 0.5) is 0 Å². The molecule has 5 nitrogen and oxygen atoms in total. The number of benzene rings is 2. The van der Waals surface area contributed by atoms with Gasteiger partial charge in [0.15, 0.2) is 11.5 Å². The van der Waals surface area contributed by atoms with Crippen LogP contribution < -0.4 is 9.47 Å². The monoisotopic (exact) mass is 326 g/mol. The van der Waals surface area contributed by atoms with Gasteiger partial charge in [0.25, 0.3) is 0 Å². The van der Waals surface area contributed by atoms with Crippen molar-refractivity contribution in [3.8, 4) is 11.5 Å². The summed E-state index contributed by atoms with van der Waals surface area (Å²) in [5.41, 5.74) is 3.08. The van der Waals surface area contributed by atoms with Gasteiger partial charge in [0, 0.05) is 6.54 Å². The number of hydrogen-bond acceptors (Lipinski definition) is 4. The number of imidazole rings is 1. The summed E-state index contributed by atoms with van der Waals surface area (Å²) in [6.07, 6.45) is 0.197. The number of aliphatic hydroxyl groups is 1. The molecule has 126 valence electrons. The topological polar surface area (TPSA) is 56.5 Å². The molecule has 0 aliphatic rings. The average molecular weight is 326 g/mol. The summed E-state index contributed by atoms with van der Waals surface area (Å²) >= 11 is 0. The van der Waals surface area contributed by atoms with Crippen molar-refractivity contribution in [1.82, 2.24) is 9.55 Å². The molecule has 0 aliphatic heterocycles. The first-order valence-electron chi connectivity index (χ1n) is 7.98. The molecule has 1 unspecified atom stereocenters. The predicted octanol–water partition coefficient (Wildman–Crippen LogP) is 3.35. The van der Waals surface area contributed by atoms with Gasteiger partial charge in [0.1, 0.15) is 11.9 Å². The lowest BCUT2D eigenvalue weighted by atomic mass is 10.1. The molecule has 3 aromatic rings. The number of rotatable bonds is 6. The van der Waals surface area contributed by atoms with Gasteiger partial charge in [-0.15, -0.1) is 0 Å². The van der Waals surface area contributed by atoms with Crippen molar-refractivity contribution >= 4 is 11.0 Å². The molecule has 1 atom stereocenters. The molecule has 0 spiro atoms. The number of hydrogen-bond donors (Lipinski definition) is 1. The van der Waals surface area contributed by atoms with E-state index in [1.165, 1.54) is 0 Å². The number of aromatic nitrogens is 2. The van der Waals surface area contributed by atoms with Crippen LogP contribution in [-0.4, -0.2) is 28.9 Å². The first-order chi connectivity index (χ1) is 11.6. The van der Waals surface area contributed by atoms with E-state index >= 15 is 0 Å². The number of para-hydroxylation sites is 2. The molecule has 24 heavy (non-hydrogen) atoms. The first kappa shape index (κ1) is 16.3. The van der Waals surface area contributed by atoms with Crippen molar-refractivity contribution in [2.24, 2.45) is 0 Å². The normalized spacial score (nSPS) is 12.3. The molecule has 0 saturated heterocycles. The lowest BCUT2D eigenvalue weighted by molar-refractivity contribution is 0.184. The average Bonchev–Trinajstić information content (AvgIpc) is 2.98. The first-order valence-corrected chi connectivity index (χ1v) is 7.98. The molecule has 2 aromatic carbocycles. The van der Waals surface area contributed by atoms with E-state index in [1.54, 1.807) is 21.1 Å². The number of aliphatic hydroxyl groups excluding tert-OH is 1. The highest BCUT2D eigenvalue weighted by Gasteiger charge is 2.14. The molecular weight excluding hydrogens is 304 g/mol. The molecule has 0 bridgehead atoms. The van der Waals surface area contributed by atoms with Crippen molar-refractivity contribution in [1.29, 1.82) is 0 Å². The zero-order chi connectivity index (χ0) is 17.1. The largest absolute Gasteiger partial charge is 0.493 e. The van der Waals surface area contributed by atoms with Gasteiger partial charge >= 0.3 is 0 Å². The van der Waals surface area contributed by atoms with Crippen LogP contribution in [0.3, 0.4) is 0 Å². The summed E-state index contributed by atoms with van der Waals surface area (Å²) in [6, 6.07) is 13.9. The molecule has 0 saturated carbocycles. The summed E-state index contributed by atoms with van der Waals surface area (Å²) in [7, 11) is 3.26. The lowest BCUT2D eigenvalue weighted by Crippen LogP contribution is -2.09. The van der Waals surface area contributed by atoms with Crippen LogP contribution in [0.25, 0.3) is 11.0 Å². The molecule has 0 amide bonds. The predicted molar refractivity (Wildman–Crippen MR) is 93.6 cm³/mol. The third kappa shape index (κ3) is 3.08. The fourth-order valence-electron chi connectivity index (χ4n) is 2.93. The van der Waals surface area contributed by atoms with Crippen LogP contribution in [0, 0.1) is 0 Å². The minimum atomic E-state index is -0.609. The van der Waals surface area contributed by atoms with E-state index in [0.29, 0.717) is 5.82 Å². The molecule has 3 rings (SSSR count). The standard InChI is InChI=1S/C19H22N2O3/c1-13(22)19-20-15-6-4-5-7-16(15)21(19)11-10-14-8-9-17(23-2)18(12-14)24-3/h4-9,12-13,22H,10-11H2,1-3H3. The number of nitrogens with zero attached hydrogens (tertiary/aromatic N) is 2. The van der Waals surface area contributed by atoms with Crippen molar-refractivity contribution in [2.75, 3.05) is 14.2 Å². The molecule has 1 aromatic heterocycles. The van der Waals surface area contributed by atoms with Gasteiger partial charge in [0.2, 0.25) is 0 Å². The van der Waals surface area contributed by atoms with Gasteiger partial charge in [-0.25, -0.2) is 4.98 Å². The summed E-state index contributed by atoms with van der Waals surface area (Å²) < 4.78 is 12.7. The second-order valence-corrected chi connectivity index (χ2v) is 5.73. The Labute approximate surface area is 141 Å². The van der Waals surface area contributed by atoms with E-state index in [4.69, 9.17) is 9.47 Å². The number of aryl methyl sites for hydroxylation is 2. The zero-order valence-corrected chi connectivity index (χ0v) is 14.2. The van der Waals surface area contributed by atoms with Crippen molar-refractivity contribution in [3.05, 3.63) is 53.9 Å². The number of methoxy groups -OCH3 is 2. The quantitative estimate of drug-likeness (QED) is 0.755. The van der Waals surface area contributed by atoms with Crippen LogP contribution in [0.5, 0.6) is 11.5 Å². The smallest absolute Gasteiger partial charge is 0.160 e. The fourth-order valence-corrected chi connectivity index (χ4v) is 2.93. The lowest BCUT2D eigenvalue weighted by Gasteiger charge is -2.13. The Hall–Kier alpha value is -2.53. The maximum atomic E-state index is 10.0. The van der Waals surface area contributed by atoms with Gasteiger partial charge < -0.3 is 19.1 Å². The van der Waals surface area contributed by atoms with E-state index in [0.717, 1.165) is 41.1 Å². The van der Waals surface area contributed by atoms with Crippen molar-refractivity contribution < 1.29 is 14.6 Å². The summed E-state index contributed by atoms with van der Waals surface area (Å²) in [4.78, 5) is 4.55. The van der Waals surface area contributed by atoms with Gasteiger partial charge in [-0.2, -0.15) is 0 Å². The third-order valence-electron chi connectivity index (χ3n) is 4.13. The highest BCUT2D eigenvalue weighted by Crippen LogP contribution is 2.28. The van der Waals surface area contributed by atoms with Gasteiger partial charge in [-0.05, 0) is 43.2 Å². The van der Waals surface area contributed by atoms with E-state index in [-0.39, 0.29) is 0 Å². The molecule has 0 radical (unpaired) electrons. The van der Waals surface area contributed by atoms with E-state index in [9.17, 15) is 5.11 Å². The highest BCUT2D eigenvalue weighted by atomic mass is 16.5. The molecule has 5 heteroatoms. The Bertz CT molecular complexity index is 840. The highest BCUT2D eigenvalue weighted by molar-refractivity contribution is 5.76. The Morgan fingerprint density at radius 1 is 1.08 bits per heavy atom. The Morgan fingerprint density at radius 3 is 2.54 bits per heavy atom. The SMILES string of the molecule is COc1ccc(CCn2c(C(C)O)nc3ccccc32)cc1OC. The Kier molecular flexibility index (Phi) is 4.71. The van der Waals surface area contributed by atoms with Crippen LogP contribution >= 0.6 is 0 Å². The molecule has 0 aliphatic carbocycles. The van der Waals surface area contributed by atoms with Crippen LogP contribution in [0.15, 0.2) is 42.5 Å². The summed E-state index contributed by atoms with van der Waals surface area (Å²) in [6.45, 7) is 2.48. The maximum Gasteiger partial charge on any atom is 0.160 e. The fraction of sp³-hybridized carbons (Fsp3) is 0.316. The second kappa shape index (κ2) is 6.93. The minimum absolute atomic E-state index is 0.609. The number of fused-ring (bicyclic) bond motifs is 1. The van der Waals surface area contributed by atoms with Gasteiger partial charge in [-0.3, -0.25) is 0 Å². The van der Waals surface area contributed by atoms with Crippen LogP contribution in [0.1, 0.15) is 24.4 Å². The zero-order valence-electron chi connectivity index (χ0n) is 14.2. The van der Waals surface area contributed by atoms with Gasteiger partial charge in [0.05, 0.1) is 25.3 Å². The van der Waals surface area contributed by atoms with Gasteiger partial charge in [-0.1, -0.05) is 18.2 Å².